The maximum atomic E-state index is 13.6. The molecule has 4 aromatic rings. The predicted molar refractivity (Wildman–Crippen MR) is 131 cm³/mol. The van der Waals surface area contributed by atoms with Gasteiger partial charge in [-0.25, -0.2) is 13.9 Å². The number of hydrogen-bond acceptors (Lipinski definition) is 4. The lowest BCUT2D eigenvalue weighted by atomic mass is 10.1. The van der Waals surface area contributed by atoms with Gasteiger partial charge in [0, 0.05) is 36.0 Å². The van der Waals surface area contributed by atoms with Crippen LogP contribution >= 0.6 is 0 Å². The van der Waals surface area contributed by atoms with Crippen molar-refractivity contribution in [3.05, 3.63) is 82.9 Å². The molecule has 0 bridgehead atoms. The van der Waals surface area contributed by atoms with E-state index in [-0.39, 0.29) is 11.7 Å². The number of nitrogens with zero attached hydrogens (tertiary/aromatic N) is 3. The molecule has 0 saturated carbocycles. The molecule has 0 aliphatic heterocycles. The fourth-order valence-electron chi connectivity index (χ4n) is 4.07. The first-order valence-electron chi connectivity index (χ1n) is 11.5. The zero-order chi connectivity index (χ0) is 24.1. The maximum Gasteiger partial charge on any atom is 0.220 e. The SMILES string of the molecule is CCOc1ccc(CCNC(=O)CCc2c(C)nc3cc(-c4cccc(F)c4)nn3c2C)cc1. The lowest BCUT2D eigenvalue weighted by molar-refractivity contribution is -0.121. The number of halogens is 1. The molecule has 0 unspecified atom stereocenters. The fraction of sp³-hybridized carbons (Fsp3) is 0.296. The molecular formula is C27H29FN4O2. The predicted octanol–water partition coefficient (Wildman–Crippen LogP) is 4.84. The van der Waals surface area contributed by atoms with Gasteiger partial charge in [-0.15, -0.1) is 0 Å². The molecule has 0 saturated heterocycles. The van der Waals surface area contributed by atoms with Gasteiger partial charge in [0.2, 0.25) is 5.91 Å². The molecule has 0 fully saturated rings. The van der Waals surface area contributed by atoms with Crippen molar-refractivity contribution in [1.29, 1.82) is 0 Å². The van der Waals surface area contributed by atoms with Crippen LogP contribution in [0.4, 0.5) is 4.39 Å². The summed E-state index contributed by atoms with van der Waals surface area (Å²) in [5, 5.41) is 7.63. The number of carbonyl (C=O) groups is 1. The molecule has 176 valence electrons. The highest BCUT2D eigenvalue weighted by Crippen LogP contribution is 2.23. The van der Waals surface area contributed by atoms with Crippen molar-refractivity contribution < 1.29 is 13.9 Å². The highest BCUT2D eigenvalue weighted by Gasteiger charge is 2.14. The summed E-state index contributed by atoms with van der Waals surface area (Å²) in [6.45, 7) is 7.10. The highest BCUT2D eigenvalue weighted by atomic mass is 19.1. The zero-order valence-corrected chi connectivity index (χ0v) is 19.8. The summed E-state index contributed by atoms with van der Waals surface area (Å²) in [7, 11) is 0. The van der Waals surface area contributed by atoms with Crippen LogP contribution in [-0.4, -0.2) is 33.7 Å². The minimum Gasteiger partial charge on any atom is -0.494 e. The molecule has 0 aliphatic rings. The molecule has 34 heavy (non-hydrogen) atoms. The van der Waals surface area contributed by atoms with Gasteiger partial charge in [0.15, 0.2) is 5.65 Å². The number of aryl methyl sites for hydroxylation is 2. The van der Waals surface area contributed by atoms with Gasteiger partial charge in [0.05, 0.1) is 12.3 Å². The number of ether oxygens (including phenoxy) is 1. The molecule has 2 aromatic carbocycles. The summed E-state index contributed by atoms with van der Waals surface area (Å²) in [5.41, 5.74) is 6.04. The van der Waals surface area contributed by atoms with Crippen LogP contribution in [0.15, 0.2) is 54.6 Å². The Kier molecular flexibility index (Phi) is 7.21. The van der Waals surface area contributed by atoms with Crippen molar-refractivity contribution in [2.75, 3.05) is 13.2 Å². The van der Waals surface area contributed by atoms with Gasteiger partial charge in [-0.3, -0.25) is 4.79 Å². The molecule has 0 aliphatic carbocycles. The second kappa shape index (κ2) is 10.5. The third kappa shape index (κ3) is 5.42. The third-order valence-electron chi connectivity index (χ3n) is 5.86. The maximum absolute atomic E-state index is 13.6. The molecule has 0 spiro atoms. The van der Waals surface area contributed by atoms with Crippen molar-refractivity contribution >= 4 is 11.6 Å². The number of rotatable bonds is 9. The van der Waals surface area contributed by atoms with Gasteiger partial charge >= 0.3 is 0 Å². The van der Waals surface area contributed by atoms with Crippen molar-refractivity contribution in [3.8, 4) is 17.0 Å². The van der Waals surface area contributed by atoms with E-state index in [1.807, 2.05) is 57.2 Å². The highest BCUT2D eigenvalue weighted by molar-refractivity contribution is 5.76. The Hall–Kier alpha value is -3.74. The molecule has 1 amide bonds. The Labute approximate surface area is 198 Å². The molecule has 2 aromatic heterocycles. The average molecular weight is 461 g/mol. The number of aromatic nitrogens is 3. The molecule has 0 radical (unpaired) electrons. The summed E-state index contributed by atoms with van der Waals surface area (Å²) in [6, 6.07) is 16.2. The molecule has 6 nitrogen and oxygen atoms in total. The molecular weight excluding hydrogens is 431 g/mol. The number of benzene rings is 2. The molecule has 7 heteroatoms. The second-order valence-electron chi connectivity index (χ2n) is 8.25. The van der Waals surface area contributed by atoms with Crippen molar-refractivity contribution in [2.45, 2.75) is 40.0 Å². The Morgan fingerprint density at radius 1 is 1.09 bits per heavy atom. The lowest BCUT2D eigenvalue weighted by Gasteiger charge is -2.11. The Morgan fingerprint density at radius 2 is 1.88 bits per heavy atom. The first kappa shape index (κ1) is 23.4. The van der Waals surface area contributed by atoms with Crippen LogP contribution in [0.25, 0.3) is 16.9 Å². The van der Waals surface area contributed by atoms with Gasteiger partial charge < -0.3 is 10.1 Å². The Balaban J connectivity index is 1.37. The smallest absolute Gasteiger partial charge is 0.220 e. The van der Waals surface area contributed by atoms with E-state index in [9.17, 15) is 9.18 Å². The van der Waals surface area contributed by atoms with Crippen LogP contribution in [0.1, 0.15) is 35.9 Å². The summed E-state index contributed by atoms with van der Waals surface area (Å²) in [6.07, 6.45) is 1.71. The molecule has 1 N–H and O–H groups in total. The Bertz CT molecular complexity index is 1300. The summed E-state index contributed by atoms with van der Waals surface area (Å²) < 4.78 is 20.9. The van der Waals surface area contributed by atoms with E-state index in [0.29, 0.717) is 42.9 Å². The number of hydrogen-bond donors (Lipinski definition) is 1. The van der Waals surface area contributed by atoms with Crippen molar-refractivity contribution in [1.82, 2.24) is 19.9 Å². The van der Waals surface area contributed by atoms with E-state index >= 15 is 0 Å². The van der Waals surface area contributed by atoms with Crippen LogP contribution in [-0.2, 0) is 17.6 Å². The molecule has 2 heterocycles. The van der Waals surface area contributed by atoms with Crippen LogP contribution in [0.2, 0.25) is 0 Å². The van der Waals surface area contributed by atoms with E-state index in [2.05, 4.69) is 15.4 Å². The topological polar surface area (TPSA) is 68.5 Å². The van der Waals surface area contributed by atoms with Crippen LogP contribution in [0.5, 0.6) is 5.75 Å². The van der Waals surface area contributed by atoms with E-state index in [0.717, 1.165) is 34.7 Å². The minimum absolute atomic E-state index is 0.00532. The first-order chi connectivity index (χ1) is 16.4. The van der Waals surface area contributed by atoms with Gasteiger partial charge in [-0.2, -0.15) is 5.10 Å². The quantitative estimate of drug-likeness (QED) is 0.388. The van der Waals surface area contributed by atoms with E-state index in [1.165, 1.54) is 12.1 Å². The van der Waals surface area contributed by atoms with Crippen LogP contribution < -0.4 is 10.1 Å². The normalized spacial score (nSPS) is 11.1. The van der Waals surface area contributed by atoms with E-state index < -0.39 is 0 Å². The van der Waals surface area contributed by atoms with E-state index in [4.69, 9.17) is 4.74 Å². The Morgan fingerprint density at radius 3 is 2.62 bits per heavy atom. The second-order valence-corrected chi connectivity index (χ2v) is 8.25. The standard InChI is InChI=1S/C27H29FN4O2/c1-4-34-23-10-8-20(9-11-23)14-15-29-27(33)13-12-24-18(2)30-26-17-25(31-32(26)19(24)3)21-6-5-7-22(28)16-21/h5-11,16-17H,4,12-15H2,1-3H3,(H,29,33). The third-order valence-corrected chi connectivity index (χ3v) is 5.86. The number of fused-ring (bicyclic) bond motifs is 1. The number of carbonyl (C=O) groups excluding carboxylic acids is 1. The minimum atomic E-state index is -0.301. The van der Waals surface area contributed by atoms with Crippen LogP contribution in [0.3, 0.4) is 0 Å². The van der Waals surface area contributed by atoms with E-state index in [1.54, 1.807) is 10.6 Å². The first-order valence-corrected chi connectivity index (χ1v) is 11.5. The summed E-state index contributed by atoms with van der Waals surface area (Å²) in [4.78, 5) is 17.1. The average Bonchev–Trinajstić information content (AvgIpc) is 3.24. The van der Waals surface area contributed by atoms with Gasteiger partial charge in [0.1, 0.15) is 11.6 Å². The summed E-state index contributed by atoms with van der Waals surface area (Å²) in [5.74, 6) is 0.558. The van der Waals surface area contributed by atoms with Crippen molar-refractivity contribution in [2.24, 2.45) is 0 Å². The fourth-order valence-corrected chi connectivity index (χ4v) is 4.07. The van der Waals surface area contributed by atoms with Crippen LogP contribution in [0, 0.1) is 19.7 Å². The number of nitrogens with one attached hydrogen (secondary N) is 1. The molecule has 0 atom stereocenters. The van der Waals surface area contributed by atoms with Gasteiger partial charge in [-0.1, -0.05) is 24.3 Å². The summed E-state index contributed by atoms with van der Waals surface area (Å²) >= 11 is 0. The van der Waals surface area contributed by atoms with Gasteiger partial charge in [0.25, 0.3) is 0 Å². The monoisotopic (exact) mass is 460 g/mol. The zero-order valence-electron chi connectivity index (χ0n) is 19.8. The largest absolute Gasteiger partial charge is 0.494 e. The van der Waals surface area contributed by atoms with Gasteiger partial charge in [-0.05, 0) is 69.0 Å². The molecule has 4 rings (SSSR count). The van der Waals surface area contributed by atoms with Crippen molar-refractivity contribution in [3.63, 3.8) is 0 Å². The number of amides is 1. The lowest BCUT2D eigenvalue weighted by Crippen LogP contribution is -2.26.